The molecule has 0 saturated carbocycles. The molecule has 6 heteroatoms. The third-order valence-electron chi connectivity index (χ3n) is 3.62. The van der Waals surface area contributed by atoms with Crippen LogP contribution in [0.25, 0.3) is 10.9 Å². The van der Waals surface area contributed by atoms with Gasteiger partial charge in [0.2, 0.25) is 5.91 Å². The van der Waals surface area contributed by atoms with Crippen LogP contribution in [0.5, 0.6) is 0 Å². The first kappa shape index (κ1) is 15.9. The molecule has 3 aromatic rings. The van der Waals surface area contributed by atoms with Crippen molar-refractivity contribution in [1.82, 2.24) is 15.3 Å². The van der Waals surface area contributed by atoms with Crippen LogP contribution in [-0.4, -0.2) is 22.4 Å². The van der Waals surface area contributed by atoms with Crippen molar-refractivity contribution in [1.29, 1.82) is 0 Å². The molecule has 1 amide bonds. The molecule has 1 aromatic heterocycles. The van der Waals surface area contributed by atoms with Gasteiger partial charge in [-0.1, -0.05) is 24.3 Å². The van der Waals surface area contributed by atoms with Crippen LogP contribution >= 0.6 is 0 Å². The average molecular weight is 325 g/mol. The second kappa shape index (κ2) is 7.04. The van der Waals surface area contributed by atoms with Crippen molar-refractivity contribution in [3.8, 4) is 0 Å². The van der Waals surface area contributed by atoms with Gasteiger partial charge >= 0.3 is 0 Å². The third kappa shape index (κ3) is 3.84. The first-order valence-corrected chi connectivity index (χ1v) is 7.61. The molecule has 0 unspecified atom stereocenters. The summed E-state index contributed by atoms with van der Waals surface area (Å²) < 4.78 is 12.8. The second-order valence-corrected chi connectivity index (χ2v) is 5.43. The topological polar surface area (TPSA) is 74.8 Å². The van der Waals surface area contributed by atoms with E-state index in [1.54, 1.807) is 30.3 Å². The summed E-state index contributed by atoms with van der Waals surface area (Å²) in [5.74, 6) is 0.0380. The van der Waals surface area contributed by atoms with Gasteiger partial charge in [-0.05, 0) is 29.8 Å². The summed E-state index contributed by atoms with van der Waals surface area (Å²) >= 11 is 0. The van der Waals surface area contributed by atoms with Gasteiger partial charge in [0.05, 0.1) is 17.3 Å². The van der Waals surface area contributed by atoms with E-state index in [-0.39, 0.29) is 23.7 Å². The largest absolute Gasteiger partial charge is 0.355 e. The Morgan fingerprint density at radius 3 is 2.67 bits per heavy atom. The number of fused-ring (bicyclic) bond motifs is 1. The van der Waals surface area contributed by atoms with Crippen molar-refractivity contribution >= 4 is 16.8 Å². The van der Waals surface area contributed by atoms with Crippen LogP contribution in [-0.2, 0) is 17.6 Å². The Balaban J connectivity index is 1.57. The fraction of sp³-hybridized carbons (Fsp3) is 0.167. The molecule has 0 aliphatic heterocycles. The molecule has 1 heterocycles. The second-order valence-electron chi connectivity index (χ2n) is 5.43. The zero-order valence-electron chi connectivity index (χ0n) is 12.9. The Kier molecular flexibility index (Phi) is 4.65. The molecule has 122 valence electrons. The summed E-state index contributed by atoms with van der Waals surface area (Å²) in [4.78, 5) is 30.9. The maximum atomic E-state index is 12.8. The van der Waals surface area contributed by atoms with Crippen molar-refractivity contribution in [2.75, 3.05) is 6.54 Å². The highest BCUT2D eigenvalue weighted by Crippen LogP contribution is 2.06. The fourth-order valence-electron chi connectivity index (χ4n) is 2.42. The van der Waals surface area contributed by atoms with Gasteiger partial charge in [0.25, 0.3) is 5.56 Å². The van der Waals surface area contributed by atoms with Crippen LogP contribution in [0.2, 0.25) is 0 Å². The first-order valence-electron chi connectivity index (χ1n) is 7.61. The normalized spacial score (nSPS) is 10.7. The molecule has 0 spiro atoms. The molecule has 0 fully saturated rings. The molecule has 24 heavy (non-hydrogen) atoms. The van der Waals surface area contributed by atoms with E-state index >= 15 is 0 Å². The van der Waals surface area contributed by atoms with Crippen molar-refractivity contribution in [2.45, 2.75) is 12.8 Å². The smallest absolute Gasteiger partial charge is 0.258 e. The van der Waals surface area contributed by atoms with Gasteiger partial charge in [0.1, 0.15) is 11.6 Å². The van der Waals surface area contributed by atoms with Crippen LogP contribution in [0.3, 0.4) is 0 Å². The van der Waals surface area contributed by atoms with Crippen LogP contribution in [0.1, 0.15) is 11.4 Å². The van der Waals surface area contributed by atoms with E-state index < -0.39 is 0 Å². The van der Waals surface area contributed by atoms with Crippen LogP contribution in [0, 0.1) is 5.82 Å². The highest BCUT2D eigenvalue weighted by Gasteiger charge is 2.06. The number of carbonyl (C=O) groups is 1. The molecule has 0 aliphatic carbocycles. The predicted molar refractivity (Wildman–Crippen MR) is 89.2 cm³/mol. The lowest BCUT2D eigenvalue weighted by Gasteiger charge is -2.06. The molecule has 0 aliphatic rings. The van der Waals surface area contributed by atoms with Crippen LogP contribution in [0.4, 0.5) is 4.39 Å². The molecule has 2 aromatic carbocycles. The summed E-state index contributed by atoms with van der Waals surface area (Å²) in [6.07, 6.45) is 0.608. The molecule has 5 nitrogen and oxygen atoms in total. The highest BCUT2D eigenvalue weighted by molar-refractivity contribution is 5.78. The van der Waals surface area contributed by atoms with E-state index in [1.165, 1.54) is 12.1 Å². The maximum Gasteiger partial charge on any atom is 0.258 e. The average Bonchev–Trinajstić information content (AvgIpc) is 2.57. The quantitative estimate of drug-likeness (QED) is 0.753. The predicted octanol–water partition coefficient (Wildman–Crippen LogP) is 1.96. The van der Waals surface area contributed by atoms with Gasteiger partial charge in [-0.25, -0.2) is 9.37 Å². The van der Waals surface area contributed by atoms with Crippen LogP contribution in [0.15, 0.2) is 53.3 Å². The number of halogens is 1. The minimum atomic E-state index is -0.328. The first-order chi connectivity index (χ1) is 11.6. The molecular formula is C18H16FN3O2. The monoisotopic (exact) mass is 325 g/mol. The minimum absolute atomic E-state index is 0.162. The third-order valence-corrected chi connectivity index (χ3v) is 3.62. The summed E-state index contributed by atoms with van der Waals surface area (Å²) in [5.41, 5.74) is 1.19. The fourth-order valence-corrected chi connectivity index (χ4v) is 2.42. The van der Waals surface area contributed by atoms with Gasteiger partial charge < -0.3 is 10.3 Å². The molecule has 3 rings (SSSR count). The Morgan fingerprint density at radius 2 is 1.88 bits per heavy atom. The molecule has 0 saturated heterocycles. The molecule has 0 radical (unpaired) electrons. The number of benzene rings is 2. The molecule has 0 atom stereocenters. The summed E-state index contributed by atoms with van der Waals surface area (Å²) in [6.45, 7) is 0.362. The zero-order valence-corrected chi connectivity index (χ0v) is 12.9. The number of nitrogens with zero attached hydrogens (tertiary/aromatic N) is 1. The minimum Gasteiger partial charge on any atom is -0.355 e. The van der Waals surface area contributed by atoms with E-state index in [1.807, 2.05) is 6.07 Å². The van der Waals surface area contributed by atoms with Gasteiger partial charge in [-0.3, -0.25) is 9.59 Å². The zero-order chi connectivity index (χ0) is 16.9. The van der Waals surface area contributed by atoms with Crippen molar-refractivity contribution in [2.24, 2.45) is 0 Å². The standard InChI is InChI=1S/C18H16FN3O2/c19-13-7-5-12(6-8-13)11-17(23)20-10-9-16-21-15-4-2-1-3-14(15)18(24)22-16/h1-8H,9-11H2,(H,20,23)(H,21,22,24). The van der Waals surface area contributed by atoms with Gasteiger partial charge in [0.15, 0.2) is 0 Å². The number of H-pyrrole nitrogens is 1. The highest BCUT2D eigenvalue weighted by atomic mass is 19.1. The Labute approximate surface area is 137 Å². The van der Waals surface area contributed by atoms with Gasteiger partial charge in [-0.2, -0.15) is 0 Å². The summed E-state index contributed by atoms with van der Waals surface area (Å²) in [7, 11) is 0. The van der Waals surface area contributed by atoms with E-state index in [4.69, 9.17) is 0 Å². The van der Waals surface area contributed by atoms with Gasteiger partial charge in [0, 0.05) is 13.0 Å². The number of hydrogen-bond donors (Lipinski definition) is 2. The number of rotatable bonds is 5. The molecule has 0 bridgehead atoms. The SMILES string of the molecule is O=C(Cc1ccc(F)cc1)NCCc1nc2ccccc2c(=O)[nH]1. The number of aromatic amines is 1. The van der Waals surface area contributed by atoms with E-state index in [2.05, 4.69) is 15.3 Å². The van der Waals surface area contributed by atoms with E-state index in [0.29, 0.717) is 29.7 Å². The van der Waals surface area contributed by atoms with Crippen LogP contribution < -0.4 is 10.9 Å². The Hall–Kier alpha value is -3.02. The number of para-hydroxylation sites is 1. The number of nitrogens with one attached hydrogen (secondary N) is 2. The summed E-state index contributed by atoms with van der Waals surface area (Å²) in [5, 5.41) is 3.31. The molecule has 2 N–H and O–H groups in total. The molecular weight excluding hydrogens is 309 g/mol. The van der Waals surface area contributed by atoms with Gasteiger partial charge in [-0.15, -0.1) is 0 Å². The van der Waals surface area contributed by atoms with Crippen molar-refractivity contribution in [3.63, 3.8) is 0 Å². The van der Waals surface area contributed by atoms with E-state index in [0.717, 1.165) is 5.56 Å². The number of carbonyl (C=O) groups excluding carboxylic acids is 1. The summed E-state index contributed by atoms with van der Waals surface area (Å²) in [6, 6.07) is 12.9. The maximum absolute atomic E-state index is 12.8. The number of amides is 1. The van der Waals surface area contributed by atoms with E-state index in [9.17, 15) is 14.0 Å². The number of hydrogen-bond acceptors (Lipinski definition) is 3. The lowest BCUT2D eigenvalue weighted by atomic mass is 10.1. The lowest BCUT2D eigenvalue weighted by Crippen LogP contribution is -2.28. The van der Waals surface area contributed by atoms with Crippen molar-refractivity contribution < 1.29 is 9.18 Å². The lowest BCUT2D eigenvalue weighted by molar-refractivity contribution is -0.120. The number of aromatic nitrogens is 2. The Morgan fingerprint density at radius 1 is 1.12 bits per heavy atom. The van der Waals surface area contributed by atoms with Crippen molar-refractivity contribution in [3.05, 3.63) is 76.1 Å². The Bertz CT molecular complexity index is 919.